The summed E-state index contributed by atoms with van der Waals surface area (Å²) >= 11 is 6.70. The summed E-state index contributed by atoms with van der Waals surface area (Å²) in [5, 5.41) is 11.4. The Morgan fingerprint density at radius 3 is 2.88 bits per heavy atom. The number of carbonyl (C=O) groups is 1. The minimum atomic E-state index is -0.270. The molecule has 0 atom stereocenters. The van der Waals surface area contributed by atoms with Crippen LogP contribution in [0.3, 0.4) is 0 Å². The van der Waals surface area contributed by atoms with E-state index in [0.717, 1.165) is 73.2 Å². The number of fused-ring (bicyclic) bond motifs is 5. The molecule has 176 valence electrons. The van der Waals surface area contributed by atoms with E-state index in [1.807, 2.05) is 12.1 Å². The van der Waals surface area contributed by atoms with Crippen molar-refractivity contribution in [1.82, 2.24) is 10.6 Å². The summed E-state index contributed by atoms with van der Waals surface area (Å²) in [6, 6.07) is 12.1. The van der Waals surface area contributed by atoms with Gasteiger partial charge in [0.2, 0.25) is 0 Å². The molecule has 3 N–H and O–H groups in total. The standard InChI is InChI=1S/C27H29ClN4O2/c1-17-30-24-20(28)15-19-16-22(34-25(19)23(24)27(31-17)10-5-2-6-11-27)26(33)29-12-14-32-13-9-18-7-3-4-8-21(18)32/h3-4,7-8,15-16,30-31H,1-2,5-6,9-14H2,(H,29,33). The highest BCUT2D eigenvalue weighted by atomic mass is 35.5. The highest BCUT2D eigenvalue weighted by molar-refractivity contribution is 6.34. The smallest absolute Gasteiger partial charge is 0.287 e. The van der Waals surface area contributed by atoms with E-state index in [2.05, 4.69) is 51.7 Å². The lowest BCUT2D eigenvalue weighted by atomic mass is 9.74. The molecule has 34 heavy (non-hydrogen) atoms. The summed E-state index contributed by atoms with van der Waals surface area (Å²) in [5.41, 5.74) is 4.96. The minimum absolute atomic E-state index is 0.201. The van der Waals surface area contributed by atoms with Crippen LogP contribution in [0.4, 0.5) is 11.4 Å². The lowest BCUT2D eigenvalue weighted by Crippen LogP contribution is -2.48. The second-order valence-electron chi connectivity index (χ2n) is 9.63. The van der Waals surface area contributed by atoms with E-state index in [-0.39, 0.29) is 11.4 Å². The molecule has 0 saturated heterocycles. The highest BCUT2D eigenvalue weighted by Gasteiger charge is 2.42. The van der Waals surface area contributed by atoms with E-state index in [1.54, 1.807) is 0 Å². The Bertz CT molecular complexity index is 1290. The van der Waals surface area contributed by atoms with Crippen LogP contribution in [0.1, 0.15) is 53.8 Å². The molecule has 6 nitrogen and oxygen atoms in total. The first-order valence-electron chi connectivity index (χ1n) is 12.2. The molecule has 7 heteroatoms. The molecule has 2 aromatic carbocycles. The summed E-state index contributed by atoms with van der Waals surface area (Å²) < 4.78 is 6.23. The normalized spacial score (nSPS) is 18.4. The zero-order valence-corrected chi connectivity index (χ0v) is 19.9. The lowest BCUT2D eigenvalue weighted by molar-refractivity contribution is 0.0929. The first-order valence-corrected chi connectivity index (χ1v) is 12.5. The van der Waals surface area contributed by atoms with Gasteiger partial charge in [0.1, 0.15) is 5.58 Å². The monoisotopic (exact) mass is 476 g/mol. The SMILES string of the molecule is C=C1Nc2c(Cl)cc3cc(C(=O)NCCN4CCc5ccccc54)oc3c2C2(CCCCC2)N1. The third-order valence-electron chi connectivity index (χ3n) is 7.49. The molecule has 1 aromatic heterocycles. The van der Waals surface area contributed by atoms with Crippen molar-refractivity contribution in [3.63, 3.8) is 0 Å². The maximum absolute atomic E-state index is 13.0. The van der Waals surface area contributed by atoms with Gasteiger partial charge in [-0.3, -0.25) is 4.79 Å². The van der Waals surface area contributed by atoms with Crippen LogP contribution in [-0.4, -0.2) is 25.5 Å². The van der Waals surface area contributed by atoms with E-state index >= 15 is 0 Å². The Balaban J connectivity index is 1.25. The summed E-state index contributed by atoms with van der Waals surface area (Å²) in [6.45, 7) is 6.42. The molecule has 1 saturated carbocycles. The zero-order valence-electron chi connectivity index (χ0n) is 19.2. The van der Waals surface area contributed by atoms with Crippen molar-refractivity contribution in [1.29, 1.82) is 0 Å². The van der Waals surface area contributed by atoms with Crippen LogP contribution in [-0.2, 0) is 12.0 Å². The van der Waals surface area contributed by atoms with Gasteiger partial charge in [-0.25, -0.2) is 0 Å². The van der Waals surface area contributed by atoms with Gasteiger partial charge in [0.15, 0.2) is 5.76 Å². The molecule has 3 aliphatic rings. The second kappa shape index (κ2) is 8.27. The van der Waals surface area contributed by atoms with Gasteiger partial charge in [-0.1, -0.05) is 55.6 Å². The maximum Gasteiger partial charge on any atom is 0.287 e. The van der Waals surface area contributed by atoms with Crippen molar-refractivity contribution in [3.8, 4) is 0 Å². The minimum Gasteiger partial charge on any atom is -0.450 e. The van der Waals surface area contributed by atoms with Crippen molar-refractivity contribution < 1.29 is 9.21 Å². The van der Waals surface area contributed by atoms with Gasteiger partial charge in [-0.2, -0.15) is 0 Å². The number of halogens is 1. The summed E-state index contributed by atoms with van der Waals surface area (Å²) in [4.78, 5) is 15.3. The third kappa shape index (κ3) is 3.52. The molecule has 1 fully saturated rings. The number of furan rings is 1. The number of hydrogen-bond acceptors (Lipinski definition) is 5. The Kier molecular flexibility index (Phi) is 5.21. The van der Waals surface area contributed by atoms with Crippen LogP contribution < -0.4 is 20.9 Å². The van der Waals surface area contributed by atoms with Crippen molar-refractivity contribution in [2.45, 2.75) is 44.1 Å². The first kappa shape index (κ1) is 21.4. The van der Waals surface area contributed by atoms with Crippen LogP contribution in [0.2, 0.25) is 5.02 Å². The van der Waals surface area contributed by atoms with Gasteiger partial charge in [0.05, 0.1) is 22.1 Å². The van der Waals surface area contributed by atoms with E-state index in [9.17, 15) is 4.79 Å². The number of carbonyl (C=O) groups excluding carboxylic acids is 1. The Hall–Kier alpha value is -3.12. The molecule has 0 radical (unpaired) electrons. The number of benzene rings is 2. The molecule has 3 heterocycles. The van der Waals surface area contributed by atoms with Crippen molar-refractivity contribution in [2.24, 2.45) is 0 Å². The maximum atomic E-state index is 13.0. The summed E-state index contributed by atoms with van der Waals surface area (Å²) in [6.07, 6.45) is 6.49. The number of rotatable bonds is 4. The fourth-order valence-electron chi connectivity index (χ4n) is 5.93. The number of hydrogen-bond donors (Lipinski definition) is 3. The molecule has 0 bridgehead atoms. The Morgan fingerprint density at radius 2 is 2.03 bits per heavy atom. The molecule has 0 unspecified atom stereocenters. The molecule has 3 aromatic rings. The van der Waals surface area contributed by atoms with E-state index in [1.165, 1.54) is 17.7 Å². The average molecular weight is 477 g/mol. The molecule has 6 rings (SSSR count). The number of nitrogens with one attached hydrogen (secondary N) is 3. The number of amides is 1. The topological polar surface area (TPSA) is 69.5 Å². The Labute approximate surface area is 204 Å². The van der Waals surface area contributed by atoms with Gasteiger partial charge in [0.25, 0.3) is 5.91 Å². The predicted octanol–water partition coefficient (Wildman–Crippen LogP) is 5.52. The van der Waals surface area contributed by atoms with Crippen LogP contribution in [0.15, 0.2) is 53.2 Å². The van der Waals surface area contributed by atoms with Crippen LogP contribution in [0, 0.1) is 0 Å². The zero-order chi connectivity index (χ0) is 23.3. The lowest BCUT2D eigenvalue weighted by Gasteiger charge is -2.44. The van der Waals surface area contributed by atoms with Gasteiger partial charge in [0, 0.05) is 36.3 Å². The van der Waals surface area contributed by atoms with Gasteiger partial charge in [-0.15, -0.1) is 0 Å². The summed E-state index contributed by atoms with van der Waals surface area (Å²) in [7, 11) is 0. The Morgan fingerprint density at radius 1 is 1.21 bits per heavy atom. The predicted molar refractivity (Wildman–Crippen MR) is 137 cm³/mol. The second-order valence-corrected chi connectivity index (χ2v) is 10.0. The van der Waals surface area contributed by atoms with E-state index in [0.29, 0.717) is 17.3 Å². The number of para-hydroxylation sites is 1. The third-order valence-corrected chi connectivity index (χ3v) is 7.78. The molecule has 2 aliphatic heterocycles. The van der Waals surface area contributed by atoms with Crippen molar-refractivity contribution >= 4 is 39.9 Å². The first-order chi connectivity index (χ1) is 16.5. The van der Waals surface area contributed by atoms with Gasteiger partial charge >= 0.3 is 0 Å². The molecular weight excluding hydrogens is 448 g/mol. The summed E-state index contributed by atoms with van der Waals surface area (Å²) in [5.74, 6) is 0.868. The van der Waals surface area contributed by atoms with E-state index in [4.69, 9.17) is 16.0 Å². The fraction of sp³-hybridized carbons (Fsp3) is 0.370. The number of anilines is 2. The fourth-order valence-corrected chi connectivity index (χ4v) is 6.19. The molecular formula is C27H29ClN4O2. The van der Waals surface area contributed by atoms with Crippen molar-refractivity contribution in [2.75, 3.05) is 29.9 Å². The van der Waals surface area contributed by atoms with Gasteiger partial charge in [-0.05, 0) is 43.0 Å². The quantitative estimate of drug-likeness (QED) is 0.462. The molecule has 1 amide bonds. The highest BCUT2D eigenvalue weighted by Crippen LogP contribution is 2.49. The van der Waals surface area contributed by atoms with Crippen molar-refractivity contribution in [3.05, 3.63) is 70.7 Å². The number of nitrogens with zero attached hydrogens (tertiary/aromatic N) is 1. The largest absolute Gasteiger partial charge is 0.450 e. The van der Waals surface area contributed by atoms with Crippen LogP contribution >= 0.6 is 11.6 Å². The van der Waals surface area contributed by atoms with Crippen LogP contribution in [0.25, 0.3) is 11.0 Å². The molecule has 1 spiro atoms. The van der Waals surface area contributed by atoms with Crippen LogP contribution in [0.5, 0.6) is 0 Å². The van der Waals surface area contributed by atoms with Gasteiger partial charge < -0.3 is 25.3 Å². The van der Waals surface area contributed by atoms with E-state index < -0.39 is 0 Å². The molecule has 1 aliphatic carbocycles. The average Bonchev–Trinajstić information content (AvgIpc) is 3.44.